The molecule has 1 aliphatic rings. The zero-order chi connectivity index (χ0) is 17.9. The van der Waals surface area contributed by atoms with Crippen molar-refractivity contribution in [3.8, 4) is 6.07 Å². The Morgan fingerprint density at radius 1 is 1.08 bits per heavy atom. The van der Waals surface area contributed by atoms with Gasteiger partial charge >= 0.3 is 0 Å². The highest BCUT2D eigenvalue weighted by Crippen LogP contribution is 2.13. The first-order chi connectivity index (χ1) is 12.7. The van der Waals surface area contributed by atoms with Crippen molar-refractivity contribution in [2.75, 3.05) is 26.2 Å². The van der Waals surface area contributed by atoms with Crippen molar-refractivity contribution in [2.24, 2.45) is 0 Å². The smallest absolute Gasteiger partial charge is 0.253 e. The van der Waals surface area contributed by atoms with Crippen LogP contribution in [0.1, 0.15) is 21.6 Å². The Bertz CT molecular complexity index is 929. The number of nitrogens with zero attached hydrogens (tertiary/aromatic N) is 5. The first kappa shape index (κ1) is 16.3. The van der Waals surface area contributed by atoms with Gasteiger partial charge in [0.05, 0.1) is 22.8 Å². The van der Waals surface area contributed by atoms with Crippen LogP contribution in [0.2, 0.25) is 0 Å². The molecule has 6 heteroatoms. The van der Waals surface area contributed by atoms with Gasteiger partial charge in [-0.1, -0.05) is 6.07 Å². The van der Waals surface area contributed by atoms with Crippen LogP contribution in [-0.4, -0.2) is 51.5 Å². The predicted octanol–water partition coefficient (Wildman–Crippen LogP) is 2.16. The highest BCUT2D eigenvalue weighted by molar-refractivity contribution is 5.94. The molecule has 4 rings (SSSR count). The molecule has 0 spiro atoms. The molecule has 1 aliphatic heterocycles. The first-order valence-corrected chi connectivity index (χ1v) is 8.68. The Morgan fingerprint density at radius 3 is 2.54 bits per heavy atom. The van der Waals surface area contributed by atoms with E-state index >= 15 is 0 Å². The summed E-state index contributed by atoms with van der Waals surface area (Å²) >= 11 is 0. The summed E-state index contributed by atoms with van der Waals surface area (Å²) in [6.07, 6.45) is 1.95. The molecule has 0 unspecified atom stereocenters. The third-order valence-electron chi connectivity index (χ3n) is 4.73. The van der Waals surface area contributed by atoms with E-state index in [1.54, 1.807) is 24.3 Å². The maximum absolute atomic E-state index is 12.6. The van der Waals surface area contributed by atoms with Gasteiger partial charge in [-0.05, 0) is 42.5 Å². The highest BCUT2D eigenvalue weighted by atomic mass is 16.2. The number of pyridine rings is 1. The summed E-state index contributed by atoms with van der Waals surface area (Å²) in [6, 6.07) is 17.0. The van der Waals surface area contributed by atoms with Crippen molar-refractivity contribution in [1.82, 2.24) is 19.4 Å². The summed E-state index contributed by atoms with van der Waals surface area (Å²) in [5, 5.41) is 13.4. The normalized spacial score (nSPS) is 15.1. The van der Waals surface area contributed by atoms with Crippen LogP contribution in [0.25, 0.3) is 5.52 Å². The number of carbonyl (C=O) groups is 1. The van der Waals surface area contributed by atoms with Crippen molar-refractivity contribution in [1.29, 1.82) is 5.26 Å². The van der Waals surface area contributed by atoms with E-state index in [-0.39, 0.29) is 5.91 Å². The fourth-order valence-electron chi connectivity index (χ4n) is 3.28. The van der Waals surface area contributed by atoms with Gasteiger partial charge in [0.1, 0.15) is 0 Å². The van der Waals surface area contributed by atoms with Gasteiger partial charge in [-0.25, -0.2) is 4.52 Å². The maximum Gasteiger partial charge on any atom is 0.253 e. The number of fused-ring (bicyclic) bond motifs is 1. The lowest BCUT2D eigenvalue weighted by Gasteiger charge is -2.34. The van der Waals surface area contributed by atoms with Crippen LogP contribution in [0.5, 0.6) is 0 Å². The van der Waals surface area contributed by atoms with Gasteiger partial charge in [0, 0.05) is 44.5 Å². The zero-order valence-corrected chi connectivity index (χ0v) is 14.4. The average molecular weight is 345 g/mol. The molecule has 1 amide bonds. The van der Waals surface area contributed by atoms with E-state index in [0.717, 1.165) is 30.8 Å². The fourth-order valence-corrected chi connectivity index (χ4v) is 3.28. The zero-order valence-electron chi connectivity index (χ0n) is 14.4. The van der Waals surface area contributed by atoms with Crippen molar-refractivity contribution in [3.05, 3.63) is 71.5 Å². The molecule has 2 aromatic heterocycles. The number of benzene rings is 1. The Morgan fingerprint density at radius 2 is 1.85 bits per heavy atom. The fraction of sp³-hybridized carbons (Fsp3) is 0.250. The van der Waals surface area contributed by atoms with Crippen LogP contribution >= 0.6 is 0 Å². The molecule has 0 bridgehead atoms. The van der Waals surface area contributed by atoms with Crippen LogP contribution in [0.3, 0.4) is 0 Å². The Kier molecular flexibility index (Phi) is 4.38. The lowest BCUT2D eigenvalue weighted by Crippen LogP contribution is -2.48. The second-order valence-electron chi connectivity index (χ2n) is 6.46. The maximum atomic E-state index is 12.6. The summed E-state index contributed by atoms with van der Waals surface area (Å²) in [5.74, 6) is 0.0295. The quantitative estimate of drug-likeness (QED) is 0.730. The first-order valence-electron chi connectivity index (χ1n) is 8.68. The number of hydrogen-bond acceptors (Lipinski definition) is 4. The summed E-state index contributed by atoms with van der Waals surface area (Å²) in [5.41, 5.74) is 3.34. The summed E-state index contributed by atoms with van der Waals surface area (Å²) in [4.78, 5) is 16.8. The monoisotopic (exact) mass is 345 g/mol. The Hall–Kier alpha value is -3.17. The molecule has 3 aromatic rings. The lowest BCUT2D eigenvalue weighted by atomic mass is 10.1. The van der Waals surface area contributed by atoms with E-state index < -0.39 is 0 Å². The average Bonchev–Trinajstić information content (AvgIpc) is 3.10. The molecule has 0 aliphatic carbocycles. The molecule has 26 heavy (non-hydrogen) atoms. The molecule has 1 aromatic carbocycles. The number of piperazine rings is 1. The standard InChI is InChI=1S/C20H19N5O/c21-14-16-4-6-17(7-5-16)20(26)24-11-9-23(10-12-24)15-18-13-19-3-1-2-8-25(19)22-18/h1-8,13H,9-12,15H2. The largest absolute Gasteiger partial charge is 0.336 e. The van der Waals surface area contributed by atoms with E-state index in [0.29, 0.717) is 24.2 Å². The molecule has 6 nitrogen and oxygen atoms in total. The number of nitriles is 1. The van der Waals surface area contributed by atoms with E-state index in [9.17, 15) is 4.79 Å². The van der Waals surface area contributed by atoms with Gasteiger partial charge in [0.15, 0.2) is 0 Å². The molecular weight excluding hydrogens is 326 g/mol. The minimum Gasteiger partial charge on any atom is -0.336 e. The molecule has 3 heterocycles. The van der Waals surface area contributed by atoms with Gasteiger partial charge in [0.2, 0.25) is 0 Å². The minimum atomic E-state index is 0.0295. The van der Waals surface area contributed by atoms with Gasteiger partial charge in [-0.15, -0.1) is 0 Å². The number of carbonyl (C=O) groups excluding carboxylic acids is 1. The van der Waals surface area contributed by atoms with E-state index in [2.05, 4.69) is 22.1 Å². The third kappa shape index (κ3) is 3.30. The SMILES string of the molecule is N#Cc1ccc(C(=O)N2CCN(Cc3cc4ccccn4n3)CC2)cc1. The third-order valence-corrected chi connectivity index (χ3v) is 4.73. The number of aromatic nitrogens is 2. The van der Waals surface area contributed by atoms with Crippen molar-refractivity contribution < 1.29 is 4.79 Å². The van der Waals surface area contributed by atoms with E-state index in [1.807, 2.05) is 33.8 Å². The van der Waals surface area contributed by atoms with Crippen LogP contribution in [0, 0.1) is 11.3 Å². The lowest BCUT2D eigenvalue weighted by molar-refractivity contribution is 0.0627. The minimum absolute atomic E-state index is 0.0295. The molecule has 0 radical (unpaired) electrons. The van der Waals surface area contributed by atoms with Gasteiger partial charge < -0.3 is 4.90 Å². The van der Waals surface area contributed by atoms with Gasteiger partial charge in [-0.3, -0.25) is 9.69 Å². The number of amides is 1. The van der Waals surface area contributed by atoms with E-state index in [1.165, 1.54) is 0 Å². The Balaban J connectivity index is 1.36. The highest BCUT2D eigenvalue weighted by Gasteiger charge is 2.22. The number of hydrogen-bond donors (Lipinski definition) is 0. The molecule has 1 saturated heterocycles. The second kappa shape index (κ2) is 6.98. The van der Waals surface area contributed by atoms with Crippen molar-refractivity contribution in [3.63, 3.8) is 0 Å². The van der Waals surface area contributed by atoms with Crippen LogP contribution in [-0.2, 0) is 6.54 Å². The predicted molar refractivity (Wildman–Crippen MR) is 97.5 cm³/mol. The molecule has 0 N–H and O–H groups in total. The summed E-state index contributed by atoms with van der Waals surface area (Å²) in [6.45, 7) is 3.85. The Labute approximate surface area is 151 Å². The second-order valence-corrected chi connectivity index (χ2v) is 6.46. The number of rotatable bonds is 3. The van der Waals surface area contributed by atoms with E-state index in [4.69, 9.17) is 5.26 Å². The molecule has 1 fully saturated rings. The molecule has 130 valence electrons. The summed E-state index contributed by atoms with van der Waals surface area (Å²) < 4.78 is 1.89. The van der Waals surface area contributed by atoms with Crippen molar-refractivity contribution in [2.45, 2.75) is 6.54 Å². The van der Waals surface area contributed by atoms with Gasteiger partial charge in [0.25, 0.3) is 5.91 Å². The molecular formula is C20H19N5O. The summed E-state index contributed by atoms with van der Waals surface area (Å²) in [7, 11) is 0. The van der Waals surface area contributed by atoms with Crippen LogP contribution in [0.4, 0.5) is 0 Å². The molecule has 0 saturated carbocycles. The molecule has 0 atom stereocenters. The van der Waals surface area contributed by atoms with Crippen LogP contribution in [0.15, 0.2) is 54.7 Å². The van der Waals surface area contributed by atoms with Crippen LogP contribution < -0.4 is 0 Å². The van der Waals surface area contributed by atoms with Crippen molar-refractivity contribution >= 4 is 11.4 Å². The van der Waals surface area contributed by atoms with Gasteiger partial charge in [-0.2, -0.15) is 10.4 Å². The topological polar surface area (TPSA) is 64.6 Å².